The summed E-state index contributed by atoms with van der Waals surface area (Å²) >= 11 is 3.38. The number of halogens is 1. The van der Waals surface area contributed by atoms with Crippen LogP contribution in [0.5, 0.6) is 0 Å². The summed E-state index contributed by atoms with van der Waals surface area (Å²) in [4.78, 5) is 12.4. The monoisotopic (exact) mass is 303 g/mol. The third kappa shape index (κ3) is 2.46. The van der Waals surface area contributed by atoms with E-state index in [9.17, 15) is 4.79 Å². The highest BCUT2D eigenvalue weighted by Gasteiger charge is 2.13. The van der Waals surface area contributed by atoms with Gasteiger partial charge in [0.15, 0.2) is 5.78 Å². The molecule has 0 radical (unpaired) electrons. The maximum absolute atomic E-state index is 12.4. The predicted octanol–water partition coefficient (Wildman–Crippen LogP) is 3.88. The molecule has 18 heavy (non-hydrogen) atoms. The van der Waals surface area contributed by atoms with Crippen LogP contribution in [0.4, 0.5) is 5.69 Å². The van der Waals surface area contributed by atoms with Crippen molar-refractivity contribution in [3.63, 3.8) is 0 Å². The van der Waals surface area contributed by atoms with Gasteiger partial charge in [-0.15, -0.1) is 0 Å². The summed E-state index contributed by atoms with van der Waals surface area (Å²) in [6, 6.07) is 11.0. The average Bonchev–Trinajstić information content (AvgIpc) is 2.32. The molecular weight excluding hydrogens is 290 g/mol. The van der Waals surface area contributed by atoms with Gasteiger partial charge in [0.25, 0.3) is 0 Å². The van der Waals surface area contributed by atoms with E-state index in [1.807, 2.05) is 32.0 Å². The van der Waals surface area contributed by atoms with E-state index >= 15 is 0 Å². The van der Waals surface area contributed by atoms with Gasteiger partial charge in [0, 0.05) is 21.3 Å². The van der Waals surface area contributed by atoms with Gasteiger partial charge in [0.05, 0.1) is 0 Å². The van der Waals surface area contributed by atoms with Crippen LogP contribution in [0.2, 0.25) is 0 Å². The van der Waals surface area contributed by atoms with Crippen molar-refractivity contribution in [3.05, 3.63) is 63.1 Å². The minimum atomic E-state index is 0.00461. The first-order valence-electron chi connectivity index (χ1n) is 5.66. The number of anilines is 1. The number of carbonyl (C=O) groups is 1. The Morgan fingerprint density at radius 1 is 1.06 bits per heavy atom. The standard InChI is InChI=1S/C15H14BrNO/c1-9-3-4-11(7-10(9)2)15(18)13-6-5-12(17)8-14(13)16/h3-8H,17H2,1-2H3. The van der Waals surface area contributed by atoms with E-state index in [1.54, 1.807) is 18.2 Å². The van der Waals surface area contributed by atoms with Crippen LogP contribution in [0, 0.1) is 13.8 Å². The van der Waals surface area contributed by atoms with E-state index in [-0.39, 0.29) is 5.78 Å². The molecule has 0 spiro atoms. The minimum Gasteiger partial charge on any atom is -0.399 e. The Morgan fingerprint density at radius 2 is 1.78 bits per heavy atom. The third-order valence-electron chi connectivity index (χ3n) is 3.01. The SMILES string of the molecule is Cc1ccc(C(=O)c2ccc(N)cc2Br)cc1C. The molecule has 0 amide bonds. The molecule has 0 aliphatic rings. The highest BCUT2D eigenvalue weighted by atomic mass is 79.9. The molecule has 92 valence electrons. The highest BCUT2D eigenvalue weighted by molar-refractivity contribution is 9.10. The second-order valence-electron chi connectivity index (χ2n) is 4.37. The number of benzene rings is 2. The van der Waals surface area contributed by atoms with E-state index in [2.05, 4.69) is 15.9 Å². The quantitative estimate of drug-likeness (QED) is 0.676. The number of aryl methyl sites for hydroxylation is 2. The van der Waals surface area contributed by atoms with Gasteiger partial charge in [-0.1, -0.05) is 12.1 Å². The van der Waals surface area contributed by atoms with Gasteiger partial charge >= 0.3 is 0 Å². The molecule has 0 saturated heterocycles. The molecule has 2 rings (SSSR count). The van der Waals surface area contributed by atoms with Gasteiger partial charge in [-0.2, -0.15) is 0 Å². The van der Waals surface area contributed by atoms with Crippen molar-refractivity contribution < 1.29 is 4.79 Å². The zero-order valence-electron chi connectivity index (χ0n) is 10.3. The zero-order chi connectivity index (χ0) is 13.3. The molecule has 3 heteroatoms. The summed E-state index contributed by atoms with van der Waals surface area (Å²) in [6.45, 7) is 4.03. The summed E-state index contributed by atoms with van der Waals surface area (Å²) in [5, 5.41) is 0. The lowest BCUT2D eigenvalue weighted by atomic mass is 9.99. The van der Waals surface area contributed by atoms with E-state index in [4.69, 9.17) is 5.73 Å². The largest absolute Gasteiger partial charge is 0.399 e. The maximum Gasteiger partial charge on any atom is 0.194 e. The van der Waals surface area contributed by atoms with E-state index in [1.165, 1.54) is 5.56 Å². The first kappa shape index (κ1) is 12.8. The molecule has 0 saturated carbocycles. The summed E-state index contributed by atoms with van der Waals surface area (Å²) in [7, 11) is 0. The van der Waals surface area contributed by atoms with Crippen LogP contribution in [-0.2, 0) is 0 Å². The summed E-state index contributed by atoms with van der Waals surface area (Å²) in [5.41, 5.74) is 9.94. The van der Waals surface area contributed by atoms with E-state index in [0.717, 1.165) is 10.0 Å². The Labute approximate surface area is 115 Å². The Bertz CT molecular complexity index is 620. The summed E-state index contributed by atoms with van der Waals surface area (Å²) in [6.07, 6.45) is 0. The third-order valence-corrected chi connectivity index (χ3v) is 3.66. The highest BCUT2D eigenvalue weighted by Crippen LogP contribution is 2.23. The lowest BCUT2D eigenvalue weighted by molar-refractivity contribution is 0.103. The number of nitrogens with two attached hydrogens (primary N) is 1. The fraction of sp³-hybridized carbons (Fsp3) is 0.133. The number of rotatable bonds is 2. The van der Waals surface area contributed by atoms with Crippen LogP contribution in [0.1, 0.15) is 27.0 Å². The molecule has 2 aromatic carbocycles. The fourth-order valence-electron chi connectivity index (χ4n) is 1.75. The first-order valence-corrected chi connectivity index (χ1v) is 6.45. The van der Waals surface area contributed by atoms with Crippen molar-refractivity contribution in [2.75, 3.05) is 5.73 Å². The summed E-state index contributed by atoms with van der Waals surface area (Å²) in [5.74, 6) is 0.00461. The number of hydrogen-bond donors (Lipinski definition) is 1. The van der Waals surface area contributed by atoms with Gasteiger partial charge in [-0.25, -0.2) is 0 Å². The zero-order valence-corrected chi connectivity index (χ0v) is 11.9. The van der Waals surface area contributed by atoms with Crippen molar-refractivity contribution in [1.82, 2.24) is 0 Å². The minimum absolute atomic E-state index is 0.00461. The van der Waals surface area contributed by atoms with Gasteiger partial charge < -0.3 is 5.73 Å². The van der Waals surface area contributed by atoms with Gasteiger partial charge in [0.1, 0.15) is 0 Å². The van der Waals surface area contributed by atoms with Crippen molar-refractivity contribution in [3.8, 4) is 0 Å². The molecule has 0 aliphatic heterocycles. The molecule has 0 heterocycles. The molecule has 0 aromatic heterocycles. The van der Waals surface area contributed by atoms with Crippen molar-refractivity contribution in [2.24, 2.45) is 0 Å². The number of hydrogen-bond acceptors (Lipinski definition) is 2. The van der Waals surface area contributed by atoms with Crippen LogP contribution in [0.3, 0.4) is 0 Å². The van der Waals surface area contributed by atoms with Crippen LogP contribution >= 0.6 is 15.9 Å². The smallest absolute Gasteiger partial charge is 0.194 e. The molecule has 0 fully saturated rings. The second kappa shape index (κ2) is 4.94. The lowest BCUT2D eigenvalue weighted by Crippen LogP contribution is -2.03. The maximum atomic E-state index is 12.4. The molecule has 0 unspecified atom stereocenters. The van der Waals surface area contributed by atoms with Crippen molar-refractivity contribution in [1.29, 1.82) is 0 Å². The molecule has 2 N–H and O–H groups in total. The van der Waals surface area contributed by atoms with E-state index in [0.29, 0.717) is 16.8 Å². The number of nitrogen functional groups attached to an aromatic ring is 1. The summed E-state index contributed by atoms with van der Waals surface area (Å²) < 4.78 is 0.728. The topological polar surface area (TPSA) is 43.1 Å². The van der Waals surface area contributed by atoms with Gasteiger partial charge in [0.2, 0.25) is 0 Å². The van der Waals surface area contributed by atoms with Gasteiger partial charge in [-0.05, 0) is 65.2 Å². The molecule has 2 aromatic rings. The number of carbonyl (C=O) groups excluding carboxylic acids is 1. The first-order chi connectivity index (χ1) is 8.49. The van der Waals surface area contributed by atoms with Crippen LogP contribution < -0.4 is 5.73 Å². The predicted molar refractivity (Wildman–Crippen MR) is 77.9 cm³/mol. The Morgan fingerprint density at radius 3 is 2.39 bits per heavy atom. The lowest BCUT2D eigenvalue weighted by Gasteiger charge is -2.07. The van der Waals surface area contributed by atoms with Gasteiger partial charge in [-0.3, -0.25) is 4.79 Å². The van der Waals surface area contributed by atoms with Crippen molar-refractivity contribution >= 4 is 27.4 Å². The van der Waals surface area contributed by atoms with Crippen LogP contribution in [0.25, 0.3) is 0 Å². The molecular formula is C15H14BrNO. The molecule has 2 nitrogen and oxygen atoms in total. The van der Waals surface area contributed by atoms with E-state index < -0.39 is 0 Å². The second-order valence-corrected chi connectivity index (χ2v) is 5.22. The van der Waals surface area contributed by atoms with Crippen LogP contribution in [0.15, 0.2) is 40.9 Å². The van der Waals surface area contributed by atoms with Crippen LogP contribution in [-0.4, -0.2) is 5.78 Å². The molecule has 0 bridgehead atoms. The number of ketones is 1. The Hall–Kier alpha value is -1.61. The Balaban J connectivity index is 2.44. The average molecular weight is 304 g/mol. The Kier molecular flexibility index (Phi) is 3.53. The fourth-order valence-corrected chi connectivity index (χ4v) is 2.33. The molecule has 0 aliphatic carbocycles. The normalized spacial score (nSPS) is 10.4. The van der Waals surface area contributed by atoms with Crippen molar-refractivity contribution in [2.45, 2.75) is 13.8 Å². The molecule has 0 atom stereocenters.